The first-order valence-electron chi connectivity index (χ1n) is 34.4. The summed E-state index contributed by atoms with van der Waals surface area (Å²) in [5.41, 5.74) is 0. The zero-order valence-electron chi connectivity index (χ0n) is 52.6. The Balaban J connectivity index is 4.18. The minimum absolute atomic E-state index is 0.0772. The zero-order chi connectivity index (χ0) is 57.1. The number of unbranched alkanes of at least 4 members (excludes halogenated alkanes) is 40. The molecule has 0 aromatic carbocycles. The van der Waals surface area contributed by atoms with Crippen molar-refractivity contribution in [3.05, 3.63) is 72.9 Å². The fraction of sp³-hybridized carbons (Fsp3) is 0.795. The molecule has 1 atom stereocenters. The second-order valence-electron chi connectivity index (χ2n) is 23.1. The molecule has 0 bridgehead atoms. The third-order valence-electron chi connectivity index (χ3n) is 15.2. The van der Waals surface area contributed by atoms with Crippen LogP contribution < -0.4 is 0 Å². The van der Waals surface area contributed by atoms with Gasteiger partial charge in [-0.1, -0.05) is 338 Å². The van der Waals surface area contributed by atoms with Gasteiger partial charge in [0.25, 0.3) is 0 Å². The van der Waals surface area contributed by atoms with Crippen LogP contribution >= 0.6 is 0 Å². The molecule has 0 aliphatic heterocycles. The lowest BCUT2D eigenvalue weighted by atomic mass is 10.0. The van der Waals surface area contributed by atoms with Gasteiger partial charge in [-0.25, -0.2) is 0 Å². The number of hydrogen-bond donors (Lipinski definition) is 0. The molecule has 0 saturated carbocycles. The summed E-state index contributed by atoms with van der Waals surface area (Å²) in [4.78, 5) is 38.3. The second kappa shape index (κ2) is 67.4. The van der Waals surface area contributed by atoms with Crippen LogP contribution in [0.15, 0.2) is 72.9 Å². The van der Waals surface area contributed by atoms with E-state index >= 15 is 0 Å². The lowest BCUT2D eigenvalue weighted by Crippen LogP contribution is -2.30. The molecule has 0 aromatic heterocycles. The van der Waals surface area contributed by atoms with Crippen LogP contribution in [0, 0.1) is 0 Å². The SMILES string of the molecule is CC/C=C\C/C=C\C/C=C\C/C=C\C/C=C\C/C=C\CCCCCCCCC(=O)OC(COC(=O)CCCCCCCCCCC)COC(=O)CCCCCCCCCCCCCCCCCCCCCCCCCCCCC. The third-order valence-corrected chi connectivity index (χ3v) is 15.2. The predicted octanol–water partition coefficient (Wildman–Crippen LogP) is 23.7. The molecule has 0 aliphatic carbocycles. The Bertz CT molecular complexity index is 1450. The van der Waals surface area contributed by atoms with Crippen molar-refractivity contribution in [1.29, 1.82) is 0 Å². The maximum absolute atomic E-state index is 12.9. The highest BCUT2D eigenvalue weighted by Gasteiger charge is 2.19. The van der Waals surface area contributed by atoms with Gasteiger partial charge in [-0.3, -0.25) is 14.4 Å². The minimum atomic E-state index is -0.781. The van der Waals surface area contributed by atoms with Crippen LogP contribution in [0.2, 0.25) is 0 Å². The molecule has 0 radical (unpaired) electrons. The molecule has 0 spiro atoms. The number of carbonyl (C=O) groups is 3. The third kappa shape index (κ3) is 65.5. The van der Waals surface area contributed by atoms with Crippen molar-refractivity contribution in [2.75, 3.05) is 13.2 Å². The highest BCUT2D eigenvalue weighted by molar-refractivity contribution is 5.71. The van der Waals surface area contributed by atoms with E-state index in [1.807, 2.05) is 0 Å². The van der Waals surface area contributed by atoms with E-state index in [0.717, 1.165) is 109 Å². The highest BCUT2D eigenvalue weighted by Crippen LogP contribution is 2.18. The molecule has 6 heteroatoms. The van der Waals surface area contributed by atoms with E-state index in [1.165, 1.54) is 205 Å². The summed E-state index contributed by atoms with van der Waals surface area (Å²) in [5.74, 6) is -0.876. The van der Waals surface area contributed by atoms with E-state index < -0.39 is 6.10 Å². The molecule has 0 heterocycles. The summed E-state index contributed by atoms with van der Waals surface area (Å²) in [7, 11) is 0. The minimum Gasteiger partial charge on any atom is -0.462 e. The second-order valence-corrected chi connectivity index (χ2v) is 23.1. The molecular weight excluding hydrogens is 973 g/mol. The van der Waals surface area contributed by atoms with Gasteiger partial charge in [-0.05, 0) is 70.6 Å². The first-order chi connectivity index (χ1) is 39.0. The normalized spacial score (nSPS) is 12.5. The van der Waals surface area contributed by atoms with Crippen LogP contribution in [0.4, 0.5) is 0 Å². The van der Waals surface area contributed by atoms with Gasteiger partial charge in [0, 0.05) is 19.3 Å². The molecule has 79 heavy (non-hydrogen) atoms. The summed E-state index contributed by atoms with van der Waals surface area (Å²) >= 11 is 0. The maximum atomic E-state index is 12.9. The van der Waals surface area contributed by atoms with Crippen LogP contribution in [0.5, 0.6) is 0 Å². The number of esters is 3. The molecule has 0 N–H and O–H groups in total. The summed E-state index contributed by atoms with van der Waals surface area (Å²) in [6, 6.07) is 0. The van der Waals surface area contributed by atoms with Gasteiger partial charge in [0.2, 0.25) is 0 Å². The van der Waals surface area contributed by atoms with Crippen LogP contribution in [0.25, 0.3) is 0 Å². The van der Waals surface area contributed by atoms with Gasteiger partial charge >= 0.3 is 17.9 Å². The van der Waals surface area contributed by atoms with Crippen molar-refractivity contribution < 1.29 is 28.6 Å². The molecule has 0 fully saturated rings. The highest BCUT2D eigenvalue weighted by atomic mass is 16.6. The van der Waals surface area contributed by atoms with Gasteiger partial charge < -0.3 is 14.2 Å². The van der Waals surface area contributed by atoms with Crippen LogP contribution in [0.1, 0.15) is 355 Å². The number of ether oxygens (including phenoxy) is 3. The fourth-order valence-corrected chi connectivity index (χ4v) is 10.1. The summed E-state index contributed by atoms with van der Waals surface area (Å²) in [6.45, 7) is 6.55. The predicted molar refractivity (Wildman–Crippen MR) is 344 cm³/mol. The first kappa shape index (κ1) is 75.8. The Labute approximate surface area is 491 Å². The van der Waals surface area contributed by atoms with E-state index in [4.69, 9.17) is 14.2 Å². The van der Waals surface area contributed by atoms with Crippen LogP contribution in [0.3, 0.4) is 0 Å². The van der Waals surface area contributed by atoms with Crippen molar-refractivity contribution in [1.82, 2.24) is 0 Å². The molecule has 6 nitrogen and oxygen atoms in total. The molecule has 458 valence electrons. The summed E-state index contributed by atoms with van der Waals surface area (Å²) in [6.07, 6.45) is 88.0. The van der Waals surface area contributed by atoms with E-state index in [0.29, 0.717) is 19.3 Å². The van der Waals surface area contributed by atoms with Crippen molar-refractivity contribution in [2.24, 2.45) is 0 Å². The van der Waals surface area contributed by atoms with Crippen molar-refractivity contribution in [2.45, 2.75) is 361 Å². The Morgan fingerprint density at radius 1 is 0.266 bits per heavy atom. The van der Waals surface area contributed by atoms with Crippen LogP contribution in [-0.2, 0) is 28.6 Å². The number of allylic oxidation sites excluding steroid dienone is 12. The van der Waals surface area contributed by atoms with Crippen molar-refractivity contribution >= 4 is 17.9 Å². The fourth-order valence-electron chi connectivity index (χ4n) is 10.1. The molecule has 0 rings (SSSR count). The Hall–Kier alpha value is -3.15. The van der Waals surface area contributed by atoms with Crippen molar-refractivity contribution in [3.63, 3.8) is 0 Å². The molecule has 0 aliphatic rings. The lowest BCUT2D eigenvalue weighted by Gasteiger charge is -2.18. The van der Waals surface area contributed by atoms with E-state index in [9.17, 15) is 14.4 Å². The first-order valence-corrected chi connectivity index (χ1v) is 34.4. The monoisotopic (exact) mass is 1100 g/mol. The van der Waals surface area contributed by atoms with E-state index in [2.05, 4.69) is 93.7 Å². The van der Waals surface area contributed by atoms with Crippen LogP contribution in [-0.4, -0.2) is 37.2 Å². The Morgan fingerprint density at radius 3 is 0.772 bits per heavy atom. The molecule has 1 unspecified atom stereocenters. The average molecular weight is 1100 g/mol. The smallest absolute Gasteiger partial charge is 0.306 e. The molecule has 0 aromatic rings. The van der Waals surface area contributed by atoms with Crippen molar-refractivity contribution in [3.8, 4) is 0 Å². The topological polar surface area (TPSA) is 78.9 Å². The number of rotatable bonds is 63. The quantitative estimate of drug-likeness (QED) is 0.0261. The van der Waals surface area contributed by atoms with Gasteiger partial charge in [-0.15, -0.1) is 0 Å². The largest absolute Gasteiger partial charge is 0.462 e. The van der Waals surface area contributed by atoms with Gasteiger partial charge in [0.15, 0.2) is 6.10 Å². The summed E-state index contributed by atoms with van der Waals surface area (Å²) < 4.78 is 16.9. The zero-order valence-corrected chi connectivity index (χ0v) is 52.6. The van der Waals surface area contributed by atoms with Gasteiger partial charge in [-0.2, -0.15) is 0 Å². The molecular formula is C73H130O6. The molecule has 0 saturated heterocycles. The van der Waals surface area contributed by atoms with Gasteiger partial charge in [0.1, 0.15) is 13.2 Å². The maximum Gasteiger partial charge on any atom is 0.306 e. The number of hydrogen-bond acceptors (Lipinski definition) is 6. The van der Waals surface area contributed by atoms with E-state index in [-0.39, 0.29) is 31.1 Å². The Morgan fingerprint density at radius 2 is 0.494 bits per heavy atom. The standard InChI is InChI=1S/C73H130O6/c1-4-7-10-13-16-19-21-23-25-27-29-31-33-35-36-38-39-41-43-45-47-49-51-54-57-60-63-66-72(75)78-69-70(68-77-71(74)65-62-59-56-53-18-15-12-9-6-3)79-73(76)67-64-61-58-55-52-50-48-46-44-42-40-37-34-32-30-28-26-24-22-20-17-14-11-8-5-2/h8,11,17,20,24,26,30,32,37,40,44,46,70H,4-7,9-10,12-16,18-19,21-23,25,27-29,31,33-36,38-39,41-43,45,47-69H2,1-3H3/b11-8-,20-17-,26-24-,32-30-,40-37-,46-44-. The summed E-state index contributed by atoms with van der Waals surface area (Å²) in [5, 5.41) is 0. The lowest BCUT2D eigenvalue weighted by molar-refractivity contribution is -0.167. The number of carbonyl (C=O) groups excluding carboxylic acids is 3. The Kier molecular flexibility index (Phi) is 64.7. The average Bonchev–Trinajstić information content (AvgIpc) is 3.45. The van der Waals surface area contributed by atoms with Gasteiger partial charge in [0.05, 0.1) is 0 Å². The molecule has 0 amide bonds. The van der Waals surface area contributed by atoms with E-state index in [1.54, 1.807) is 0 Å².